The van der Waals surface area contributed by atoms with E-state index in [2.05, 4.69) is 0 Å². The van der Waals surface area contributed by atoms with Crippen LogP contribution in [0.4, 0.5) is 0 Å². The minimum atomic E-state index is -1.38. The lowest BCUT2D eigenvalue weighted by atomic mass is 9.96. The molecule has 10 atom stereocenters. The number of hydrogen-bond donors (Lipinski definition) is 1. The van der Waals surface area contributed by atoms with E-state index in [1.807, 2.05) is 182 Å². The maximum Gasteiger partial charge on any atom is 0.305 e. The van der Waals surface area contributed by atoms with Crippen LogP contribution in [-0.2, 0) is 96.5 Å². The van der Waals surface area contributed by atoms with Crippen LogP contribution < -0.4 is 0 Å². The molecule has 2 aliphatic heterocycles. The summed E-state index contributed by atoms with van der Waals surface area (Å²) in [5.41, 5.74) is 5.79. The summed E-state index contributed by atoms with van der Waals surface area (Å²) in [5.74, 6) is -0.185. The maximum atomic E-state index is 12.8. The third-order valence-electron chi connectivity index (χ3n) is 13.7. The normalized spacial score (nSPS) is 23.4. The summed E-state index contributed by atoms with van der Waals surface area (Å²) in [4.78, 5) is 11.7. The van der Waals surface area contributed by atoms with Crippen molar-refractivity contribution in [3.8, 4) is 0 Å². The molecule has 13 nitrogen and oxygen atoms in total. The van der Waals surface area contributed by atoms with Gasteiger partial charge in [0, 0.05) is 13.0 Å². The number of carbonyl (C=O) groups excluding carboxylic acids is 1. The largest absolute Gasteiger partial charge is 0.469 e. The number of methoxy groups -OCH3 is 1. The zero-order chi connectivity index (χ0) is 53.1. The lowest BCUT2D eigenvalue weighted by Crippen LogP contribution is -2.66. The van der Waals surface area contributed by atoms with Crippen LogP contribution in [0.5, 0.6) is 0 Å². The number of carbonyl (C=O) groups is 1. The van der Waals surface area contributed by atoms with Gasteiger partial charge in [0.1, 0.15) is 48.8 Å². The van der Waals surface area contributed by atoms with E-state index in [4.69, 9.17) is 52.1 Å². The highest BCUT2D eigenvalue weighted by molar-refractivity contribution is 5.68. The van der Waals surface area contributed by atoms with E-state index in [1.165, 1.54) is 7.11 Å². The van der Waals surface area contributed by atoms with Crippen molar-refractivity contribution in [2.75, 3.05) is 26.9 Å². The van der Waals surface area contributed by atoms with Gasteiger partial charge in [-0.1, -0.05) is 208 Å². The zero-order valence-corrected chi connectivity index (χ0v) is 44.3. The zero-order valence-electron chi connectivity index (χ0n) is 44.3. The van der Waals surface area contributed by atoms with Crippen molar-refractivity contribution in [1.82, 2.24) is 0 Å². The van der Waals surface area contributed by atoms with Gasteiger partial charge < -0.3 is 57.2 Å². The maximum absolute atomic E-state index is 12.8. The summed E-state index contributed by atoms with van der Waals surface area (Å²) in [6.45, 7) is 2.12. The van der Waals surface area contributed by atoms with Crippen molar-refractivity contribution in [2.24, 2.45) is 0 Å². The van der Waals surface area contributed by atoms with Crippen LogP contribution in [0.25, 0.3) is 0 Å². The molecule has 77 heavy (non-hydrogen) atoms. The van der Waals surface area contributed by atoms with Crippen LogP contribution in [0.15, 0.2) is 182 Å². The second kappa shape index (κ2) is 32.3. The molecule has 4 unspecified atom stereocenters. The topological polar surface area (TPSA) is 139 Å². The Balaban J connectivity index is 1.11. The van der Waals surface area contributed by atoms with Crippen LogP contribution in [0.3, 0.4) is 0 Å². The Hall–Kier alpha value is -5.65. The van der Waals surface area contributed by atoms with Crippen molar-refractivity contribution in [3.63, 3.8) is 0 Å². The smallest absolute Gasteiger partial charge is 0.305 e. The Morgan fingerprint density at radius 1 is 0.403 bits per heavy atom. The van der Waals surface area contributed by atoms with Crippen LogP contribution in [0.1, 0.15) is 78.3 Å². The summed E-state index contributed by atoms with van der Waals surface area (Å²) >= 11 is 0. The minimum absolute atomic E-state index is 0.0908. The fourth-order valence-corrected chi connectivity index (χ4v) is 9.55. The van der Waals surface area contributed by atoms with Crippen molar-refractivity contribution < 1.29 is 62.0 Å². The van der Waals surface area contributed by atoms with E-state index < -0.39 is 61.4 Å². The molecule has 0 bridgehead atoms. The van der Waals surface area contributed by atoms with Gasteiger partial charge in [-0.15, -0.1) is 0 Å². The number of aliphatic hydroxyl groups excluding tert-OH is 1. The number of benzene rings is 6. The summed E-state index contributed by atoms with van der Waals surface area (Å²) in [6.07, 6.45) is -3.83. The molecular formula is C64H76O13. The highest BCUT2D eigenvalue weighted by Crippen LogP contribution is 2.36. The summed E-state index contributed by atoms with van der Waals surface area (Å²) < 4.78 is 73.2. The van der Waals surface area contributed by atoms with E-state index in [-0.39, 0.29) is 45.6 Å². The molecule has 6 aromatic rings. The lowest BCUT2D eigenvalue weighted by molar-refractivity contribution is -0.379. The SMILES string of the molecule is COC(=O)CCCCCCCCO[C@H]1OC(COCc2ccccc2)[C@@H](OCc2ccccc2)[C@@H](OCc2ccccc2)C1O[C@H]1OC(COCc2ccccc2)[C@@H](OCc2ccccc2)[C@@H](OCc2ccccc2)C1O. The number of rotatable bonds is 32. The van der Waals surface area contributed by atoms with E-state index in [0.29, 0.717) is 26.2 Å². The van der Waals surface area contributed by atoms with Crippen molar-refractivity contribution >= 4 is 5.97 Å². The Labute approximate surface area is 454 Å². The second-order valence-corrected chi connectivity index (χ2v) is 19.5. The molecule has 1 N–H and O–H groups in total. The first-order valence-electron chi connectivity index (χ1n) is 27.2. The fraction of sp³-hybridized carbons (Fsp3) is 0.422. The van der Waals surface area contributed by atoms with Gasteiger partial charge in [-0.3, -0.25) is 4.79 Å². The Morgan fingerprint density at radius 2 is 0.753 bits per heavy atom. The minimum Gasteiger partial charge on any atom is -0.469 e. The van der Waals surface area contributed by atoms with E-state index >= 15 is 0 Å². The molecule has 2 heterocycles. The van der Waals surface area contributed by atoms with Crippen LogP contribution in [-0.4, -0.2) is 99.4 Å². The van der Waals surface area contributed by atoms with Gasteiger partial charge in [-0.25, -0.2) is 0 Å². The number of aliphatic hydroxyl groups is 1. The summed E-state index contributed by atoms with van der Waals surface area (Å²) in [6, 6.07) is 59.6. The van der Waals surface area contributed by atoms with Crippen molar-refractivity contribution in [1.29, 1.82) is 0 Å². The molecule has 0 amide bonds. The third-order valence-corrected chi connectivity index (χ3v) is 13.7. The van der Waals surface area contributed by atoms with Gasteiger partial charge in [-0.05, 0) is 46.2 Å². The molecule has 0 saturated carbocycles. The number of hydrogen-bond acceptors (Lipinski definition) is 13. The van der Waals surface area contributed by atoms with Crippen LogP contribution in [0.2, 0.25) is 0 Å². The predicted octanol–water partition coefficient (Wildman–Crippen LogP) is 10.9. The highest BCUT2D eigenvalue weighted by atomic mass is 16.8. The van der Waals surface area contributed by atoms with Crippen LogP contribution >= 0.6 is 0 Å². The van der Waals surface area contributed by atoms with E-state index in [1.54, 1.807) is 0 Å². The highest BCUT2D eigenvalue weighted by Gasteiger charge is 2.54. The van der Waals surface area contributed by atoms with Gasteiger partial charge in [0.25, 0.3) is 0 Å². The first-order chi connectivity index (χ1) is 38.0. The molecule has 8 rings (SSSR count). The van der Waals surface area contributed by atoms with Gasteiger partial charge in [-0.2, -0.15) is 0 Å². The summed E-state index contributed by atoms with van der Waals surface area (Å²) in [5, 5.41) is 12.8. The molecule has 2 saturated heterocycles. The standard InChI is InChI=1S/C64H76O13/c1-67-56(65)38-24-4-2-3-5-25-39-70-64-62(61(74-45-53-36-22-11-23-37-53)59(72-43-51-32-18-9-19-33-51)55(76-64)47-69-41-49-28-14-7-15-29-49)77-63-57(66)60(73-44-52-34-20-10-21-35-52)58(71-42-50-30-16-8-17-31-50)54(75-63)46-68-40-48-26-12-6-13-27-48/h6-23,26-37,54-55,57-64,66H,2-5,24-25,38-47H2,1H3/t54?,55?,57?,58-,59-,60+,61-,62?,63-,64+/m1/s1. The average molecular weight is 1050 g/mol. The summed E-state index contributed by atoms with van der Waals surface area (Å²) in [7, 11) is 1.42. The molecule has 0 aliphatic carbocycles. The predicted molar refractivity (Wildman–Crippen MR) is 291 cm³/mol. The van der Waals surface area contributed by atoms with Crippen molar-refractivity contribution in [2.45, 2.75) is 146 Å². The molecule has 2 aliphatic rings. The quantitative estimate of drug-likeness (QED) is 0.0317. The van der Waals surface area contributed by atoms with E-state index in [0.717, 1.165) is 71.9 Å². The Morgan fingerprint density at radius 3 is 1.18 bits per heavy atom. The van der Waals surface area contributed by atoms with Gasteiger partial charge >= 0.3 is 5.97 Å². The number of esters is 1. The lowest BCUT2D eigenvalue weighted by Gasteiger charge is -2.49. The van der Waals surface area contributed by atoms with Crippen LogP contribution in [0, 0.1) is 0 Å². The Bertz CT molecular complexity index is 2490. The van der Waals surface area contributed by atoms with E-state index in [9.17, 15) is 9.90 Å². The average Bonchev–Trinajstić information content (AvgIpc) is 3.52. The van der Waals surface area contributed by atoms with Gasteiger partial charge in [0.2, 0.25) is 0 Å². The Kier molecular flexibility index (Phi) is 24.1. The molecule has 0 radical (unpaired) electrons. The van der Waals surface area contributed by atoms with Crippen molar-refractivity contribution in [3.05, 3.63) is 215 Å². The first-order valence-corrected chi connectivity index (χ1v) is 27.2. The number of unbranched alkanes of at least 4 members (excludes halogenated alkanes) is 5. The molecule has 13 heteroatoms. The monoisotopic (exact) mass is 1050 g/mol. The van der Waals surface area contributed by atoms with Gasteiger partial charge in [0.15, 0.2) is 12.6 Å². The number of ether oxygens (including phenoxy) is 11. The third kappa shape index (κ3) is 18.8. The molecule has 2 fully saturated rings. The molecule has 6 aromatic carbocycles. The molecule has 410 valence electrons. The molecule has 0 aromatic heterocycles. The fourth-order valence-electron chi connectivity index (χ4n) is 9.55. The molecule has 0 spiro atoms. The first kappa shape index (κ1) is 57.5. The molecular weight excluding hydrogens is 977 g/mol. The second-order valence-electron chi connectivity index (χ2n) is 19.5. The van der Waals surface area contributed by atoms with Gasteiger partial charge in [0.05, 0.1) is 60.0 Å².